The highest BCUT2D eigenvalue weighted by molar-refractivity contribution is 6.00. The highest BCUT2D eigenvalue weighted by atomic mass is 16.4. The maximum Gasteiger partial charge on any atom is 0.323 e. The fraction of sp³-hybridized carbons (Fsp3) is 0.556. The number of ketones is 1. The molecule has 9 nitrogen and oxygen atoms in total. The number of carboxylic acids is 1. The normalized spacial score (nSPS) is 19.4. The lowest BCUT2D eigenvalue weighted by Gasteiger charge is -2.31. The molecule has 0 spiro atoms. The summed E-state index contributed by atoms with van der Waals surface area (Å²) >= 11 is 0. The summed E-state index contributed by atoms with van der Waals surface area (Å²) in [6.07, 6.45) is 4.23. The summed E-state index contributed by atoms with van der Waals surface area (Å²) in [4.78, 5) is 52.4. The summed E-state index contributed by atoms with van der Waals surface area (Å²) in [5.41, 5.74) is 0.328. The van der Waals surface area contributed by atoms with Crippen LogP contribution in [0, 0.1) is 0 Å². The molecule has 0 aliphatic carbocycles. The first kappa shape index (κ1) is 20.8. The van der Waals surface area contributed by atoms with E-state index < -0.39 is 18.4 Å². The molecule has 1 saturated heterocycles. The molecule has 2 amide bonds. The van der Waals surface area contributed by atoms with Gasteiger partial charge in [-0.15, -0.1) is 0 Å². The van der Waals surface area contributed by atoms with Crippen molar-refractivity contribution in [1.29, 1.82) is 0 Å². The van der Waals surface area contributed by atoms with Gasteiger partial charge in [-0.1, -0.05) is 6.08 Å². The molecule has 0 unspecified atom stereocenters. The van der Waals surface area contributed by atoms with Crippen molar-refractivity contribution in [1.82, 2.24) is 20.0 Å². The molecule has 148 valence electrons. The number of hydrogen-bond acceptors (Lipinski definition) is 6. The van der Waals surface area contributed by atoms with E-state index in [9.17, 15) is 19.2 Å². The molecule has 0 atom stereocenters. The Hall–Kier alpha value is -2.52. The SMILES string of the molecule is CN1CCN(CC(=O)NCCC2=CCC(=O)C=CN(CC(=O)O)C2=O)CC1. The molecule has 27 heavy (non-hydrogen) atoms. The Balaban J connectivity index is 1.84. The molecule has 2 aliphatic rings. The molecule has 0 aromatic carbocycles. The zero-order valence-electron chi connectivity index (χ0n) is 15.5. The number of carboxylic acid groups (broad SMARTS) is 1. The van der Waals surface area contributed by atoms with Crippen LogP contribution in [0.15, 0.2) is 23.9 Å². The topological polar surface area (TPSA) is 110 Å². The molecular formula is C18H26N4O5. The Bertz CT molecular complexity index is 650. The van der Waals surface area contributed by atoms with Gasteiger partial charge in [0.25, 0.3) is 5.91 Å². The van der Waals surface area contributed by atoms with Crippen LogP contribution in [0.25, 0.3) is 0 Å². The quantitative estimate of drug-likeness (QED) is 0.589. The lowest BCUT2D eigenvalue weighted by Crippen LogP contribution is -2.48. The van der Waals surface area contributed by atoms with Gasteiger partial charge in [-0.05, 0) is 19.5 Å². The molecule has 2 aliphatic heterocycles. The van der Waals surface area contributed by atoms with Gasteiger partial charge in [0.15, 0.2) is 5.78 Å². The van der Waals surface area contributed by atoms with Gasteiger partial charge in [-0.3, -0.25) is 24.1 Å². The van der Waals surface area contributed by atoms with E-state index in [0.29, 0.717) is 12.1 Å². The molecule has 0 aromatic rings. The first-order chi connectivity index (χ1) is 12.8. The van der Waals surface area contributed by atoms with Gasteiger partial charge in [0.05, 0.1) is 6.54 Å². The summed E-state index contributed by atoms with van der Waals surface area (Å²) in [7, 11) is 2.05. The monoisotopic (exact) mass is 378 g/mol. The number of carbonyl (C=O) groups is 4. The summed E-state index contributed by atoms with van der Waals surface area (Å²) in [6.45, 7) is 3.58. The molecule has 0 radical (unpaired) electrons. The highest BCUT2D eigenvalue weighted by Gasteiger charge is 2.21. The van der Waals surface area contributed by atoms with Crippen LogP contribution in [-0.2, 0) is 19.2 Å². The van der Waals surface area contributed by atoms with Crippen molar-refractivity contribution in [3.05, 3.63) is 23.9 Å². The van der Waals surface area contributed by atoms with Crippen LogP contribution in [0.3, 0.4) is 0 Å². The molecular weight excluding hydrogens is 352 g/mol. The number of aliphatic carboxylic acids is 1. The van der Waals surface area contributed by atoms with Gasteiger partial charge in [-0.2, -0.15) is 0 Å². The van der Waals surface area contributed by atoms with E-state index in [2.05, 4.69) is 15.1 Å². The summed E-state index contributed by atoms with van der Waals surface area (Å²) < 4.78 is 0. The van der Waals surface area contributed by atoms with Crippen LogP contribution < -0.4 is 5.32 Å². The molecule has 2 rings (SSSR count). The standard InChI is InChI=1S/C18H26N4O5/c1-20-8-10-21(11-9-20)12-16(24)19-6-4-14-2-3-15(23)5-7-22(18(14)27)13-17(25)26/h2,5,7H,3-4,6,8-13H2,1H3,(H,19,24)(H,25,26). The van der Waals surface area contributed by atoms with Crippen molar-refractivity contribution >= 4 is 23.6 Å². The minimum Gasteiger partial charge on any atom is -0.480 e. The van der Waals surface area contributed by atoms with Crippen molar-refractivity contribution < 1.29 is 24.3 Å². The van der Waals surface area contributed by atoms with Gasteiger partial charge < -0.3 is 20.2 Å². The molecule has 2 N–H and O–H groups in total. The van der Waals surface area contributed by atoms with Crippen LogP contribution in [-0.4, -0.2) is 96.2 Å². The Kier molecular flexibility index (Phi) is 7.68. The number of amides is 2. The maximum atomic E-state index is 12.5. The molecule has 1 fully saturated rings. The third-order valence-corrected chi connectivity index (χ3v) is 4.51. The number of carbonyl (C=O) groups excluding carboxylic acids is 3. The van der Waals surface area contributed by atoms with Gasteiger partial charge in [0.1, 0.15) is 6.54 Å². The molecule has 0 bridgehead atoms. The van der Waals surface area contributed by atoms with Crippen molar-refractivity contribution in [2.45, 2.75) is 12.8 Å². The average Bonchev–Trinajstić information content (AvgIpc) is 2.61. The fourth-order valence-corrected chi connectivity index (χ4v) is 2.89. The van der Waals surface area contributed by atoms with Gasteiger partial charge in [0, 0.05) is 50.9 Å². The number of nitrogens with zero attached hydrogens (tertiary/aromatic N) is 3. The lowest BCUT2D eigenvalue weighted by atomic mass is 10.1. The number of likely N-dealkylation sites (N-methyl/N-ethyl adjacent to an activating group) is 1. The Morgan fingerprint density at radius 3 is 2.52 bits per heavy atom. The van der Waals surface area contributed by atoms with Crippen LogP contribution >= 0.6 is 0 Å². The Morgan fingerprint density at radius 1 is 1.15 bits per heavy atom. The Labute approximate surface area is 158 Å². The number of allylic oxidation sites excluding steroid dienone is 2. The van der Waals surface area contributed by atoms with E-state index in [-0.39, 0.29) is 31.1 Å². The summed E-state index contributed by atoms with van der Waals surface area (Å²) in [6, 6.07) is 0. The lowest BCUT2D eigenvalue weighted by molar-refractivity contribution is -0.141. The minimum absolute atomic E-state index is 0.0771. The smallest absolute Gasteiger partial charge is 0.323 e. The van der Waals surface area contributed by atoms with Crippen LogP contribution in [0.2, 0.25) is 0 Å². The molecule has 2 heterocycles. The zero-order chi connectivity index (χ0) is 19.8. The van der Waals surface area contributed by atoms with Crippen molar-refractivity contribution in [3.63, 3.8) is 0 Å². The van der Waals surface area contributed by atoms with E-state index in [0.717, 1.165) is 31.1 Å². The van der Waals surface area contributed by atoms with Gasteiger partial charge >= 0.3 is 5.97 Å². The predicted octanol–water partition coefficient (Wildman–Crippen LogP) is -0.934. The third-order valence-electron chi connectivity index (χ3n) is 4.51. The van der Waals surface area contributed by atoms with Crippen molar-refractivity contribution in [3.8, 4) is 0 Å². The molecule has 0 aromatic heterocycles. The largest absolute Gasteiger partial charge is 0.480 e. The van der Waals surface area contributed by atoms with E-state index >= 15 is 0 Å². The van der Waals surface area contributed by atoms with E-state index in [1.807, 2.05) is 7.05 Å². The number of nitrogens with one attached hydrogen (secondary N) is 1. The second kappa shape index (κ2) is 9.98. The number of rotatable bonds is 7. The van der Waals surface area contributed by atoms with Crippen LogP contribution in [0.1, 0.15) is 12.8 Å². The van der Waals surface area contributed by atoms with Crippen molar-refractivity contribution in [2.24, 2.45) is 0 Å². The second-order valence-corrected chi connectivity index (χ2v) is 6.72. The predicted molar refractivity (Wildman–Crippen MR) is 97.8 cm³/mol. The summed E-state index contributed by atoms with van der Waals surface area (Å²) in [5, 5.41) is 11.7. The number of hydrogen-bond donors (Lipinski definition) is 2. The molecule has 9 heteroatoms. The maximum absolute atomic E-state index is 12.5. The van der Waals surface area contributed by atoms with Gasteiger partial charge in [-0.25, -0.2) is 0 Å². The zero-order valence-corrected chi connectivity index (χ0v) is 15.5. The minimum atomic E-state index is -1.17. The highest BCUT2D eigenvalue weighted by Crippen LogP contribution is 2.12. The van der Waals surface area contributed by atoms with E-state index in [1.165, 1.54) is 18.4 Å². The first-order valence-electron chi connectivity index (χ1n) is 8.95. The first-order valence-corrected chi connectivity index (χ1v) is 8.95. The third kappa shape index (κ3) is 6.95. The summed E-state index contributed by atoms with van der Waals surface area (Å²) in [5.74, 6) is -1.96. The van der Waals surface area contributed by atoms with Gasteiger partial charge in [0.2, 0.25) is 5.91 Å². The second-order valence-electron chi connectivity index (χ2n) is 6.72. The fourth-order valence-electron chi connectivity index (χ4n) is 2.89. The Morgan fingerprint density at radius 2 is 1.85 bits per heavy atom. The van der Waals surface area contributed by atoms with Crippen LogP contribution in [0.5, 0.6) is 0 Å². The van der Waals surface area contributed by atoms with Crippen LogP contribution in [0.4, 0.5) is 0 Å². The van der Waals surface area contributed by atoms with E-state index in [4.69, 9.17) is 5.11 Å². The van der Waals surface area contributed by atoms with Crippen molar-refractivity contribution in [2.75, 3.05) is 52.9 Å². The average molecular weight is 378 g/mol. The van der Waals surface area contributed by atoms with E-state index in [1.54, 1.807) is 0 Å². The molecule has 0 saturated carbocycles. The number of piperazine rings is 1.